The largest absolute Gasteiger partial charge is 0.397 e. The fourth-order valence-electron chi connectivity index (χ4n) is 9.63. The maximum Gasteiger partial charge on any atom is 0.397 e. The highest BCUT2D eigenvalue weighted by Gasteiger charge is 2.70. The standard InChI is InChI=1S/C27H48O9S/c1-15(14-36-37(33,34)35)6-5-7-16(2)21-23(30)24(31)22-18-12-20(29)27(32)13-17(28)8-11-26(27,4)19(18)9-10-25(21,22)3/h15-24,28-32H,5-14H2,1-4H3,(H,33,34,35)/t15-,16+,17-,18?,19?,20+,21-,22?,23+,24?,25+,26+,27-/m0/s1. The van der Waals surface area contributed by atoms with E-state index in [0.717, 1.165) is 25.7 Å². The van der Waals surface area contributed by atoms with Gasteiger partial charge in [-0.3, -0.25) is 4.55 Å². The lowest BCUT2D eigenvalue weighted by Crippen LogP contribution is -2.69. The first-order valence-corrected chi connectivity index (χ1v) is 15.5. The average molecular weight is 549 g/mol. The van der Waals surface area contributed by atoms with Crippen molar-refractivity contribution in [3.05, 3.63) is 0 Å². The zero-order chi connectivity index (χ0) is 27.6. The molecule has 4 aliphatic carbocycles. The molecule has 0 spiro atoms. The summed E-state index contributed by atoms with van der Waals surface area (Å²) in [6, 6.07) is 0. The molecule has 0 aromatic rings. The third kappa shape index (κ3) is 5.03. The van der Waals surface area contributed by atoms with E-state index < -0.39 is 45.8 Å². The molecule has 4 aliphatic rings. The van der Waals surface area contributed by atoms with Gasteiger partial charge in [-0.25, -0.2) is 4.18 Å². The minimum Gasteiger partial charge on any atom is -0.393 e. The van der Waals surface area contributed by atoms with Crippen molar-refractivity contribution < 1.29 is 42.7 Å². The van der Waals surface area contributed by atoms with Gasteiger partial charge < -0.3 is 25.5 Å². The van der Waals surface area contributed by atoms with Crippen LogP contribution in [0.25, 0.3) is 0 Å². The van der Waals surface area contributed by atoms with Crippen molar-refractivity contribution in [2.45, 2.75) is 115 Å². The molecule has 0 bridgehead atoms. The van der Waals surface area contributed by atoms with Gasteiger partial charge in [-0.15, -0.1) is 0 Å². The smallest absolute Gasteiger partial charge is 0.393 e. The van der Waals surface area contributed by atoms with Gasteiger partial charge in [-0.05, 0) is 79.4 Å². The first-order valence-electron chi connectivity index (χ1n) is 14.1. The molecule has 13 atom stereocenters. The second-order valence-electron chi connectivity index (χ2n) is 13.6. The van der Waals surface area contributed by atoms with E-state index in [1.807, 2.05) is 13.8 Å². The number of hydrogen-bond donors (Lipinski definition) is 6. The maximum atomic E-state index is 11.6. The van der Waals surface area contributed by atoms with Crippen LogP contribution in [0, 0.1) is 46.3 Å². The Morgan fingerprint density at radius 3 is 2.32 bits per heavy atom. The molecule has 0 saturated heterocycles. The molecule has 0 aromatic carbocycles. The number of hydrogen-bond acceptors (Lipinski definition) is 8. The summed E-state index contributed by atoms with van der Waals surface area (Å²) in [5.74, 6) is -0.142. The Hall–Kier alpha value is -0.330. The van der Waals surface area contributed by atoms with Gasteiger partial charge in [-0.1, -0.05) is 40.5 Å². The van der Waals surface area contributed by atoms with Crippen molar-refractivity contribution in [1.29, 1.82) is 0 Å². The van der Waals surface area contributed by atoms with Crippen LogP contribution in [0.4, 0.5) is 0 Å². The van der Waals surface area contributed by atoms with E-state index in [2.05, 4.69) is 18.0 Å². The second kappa shape index (κ2) is 10.3. The first kappa shape index (κ1) is 29.6. The van der Waals surface area contributed by atoms with Crippen LogP contribution in [0.3, 0.4) is 0 Å². The molecule has 10 heteroatoms. The molecule has 4 rings (SSSR count). The predicted molar refractivity (Wildman–Crippen MR) is 137 cm³/mol. The van der Waals surface area contributed by atoms with Crippen LogP contribution in [0.1, 0.15) is 85.5 Å². The quantitative estimate of drug-likeness (QED) is 0.250. The van der Waals surface area contributed by atoms with Crippen LogP contribution in [0.15, 0.2) is 0 Å². The van der Waals surface area contributed by atoms with Gasteiger partial charge >= 0.3 is 10.4 Å². The molecule has 4 saturated carbocycles. The van der Waals surface area contributed by atoms with Crippen LogP contribution in [0.5, 0.6) is 0 Å². The Balaban J connectivity index is 1.48. The molecule has 0 heterocycles. The molecule has 37 heavy (non-hydrogen) atoms. The molecule has 0 aliphatic heterocycles. The van der Waals surface area contributed by atoms with Gasteiger partial charge in [0.2, 0.25) is 0 Å². The maximum absolute atomic E-state index is 11.6. The number of fused-ring (bicyclic) bond motifs is 5. The fraction of sp³-hybridized carbons (Fsp3) is 1.00. The predicted octanol–water partition coefficient (Wildman–Crippen LogP) is 2.30. The lowest BCUT2D eigenvalue weighted by Gasteiger charge is -2.65. The molecule has 9 nitrogen and oxygen atoms in total. The summed E-state index contributed by atoms with van der Waals surface area (Å²) in [6.07, 6.45) is 2.38. The Morgan fingerprint density at radius 2 is 1.68 bits per heavy atom. The van der Waals surface area contributed by atoms with E-state index in [-0.39, 0.29) is 54.0 Å². The van der Waals surface area contributed by atoms with E-state index in [0.29, 0.717) is 25.7 Å². The summed E-state index contributed by atoms with van der Waals surface area (Å²) < 4.78 is 34.9. The SMILES string of the molecule is C[C@@H](CCC[C@@H](C)[C@H]1[C@@H](O)C(O)C2C3C[C@@H](O)[C@@]4(O)C[C@@H](O)CC[C@]4(C)C3CC[C@@]21C)COS(=O)(=O)O. The van der Waals surface area contributed by atoms with Crippen molar-refractivity contribution in [1.82, 2.24) is 0 Å². The third-order valence-corrected chi connectivity index (χ3v) is 11.9. The van der Waals surface area contributed by atoms with Gasteiger partial charge in [0.05, 0.1) is 36.6 Å². The highest BCUT2D eigenvalue weighted by atomic mass is 32.3. The van der Waals surface area contributed by atoms with Crippen LogP contribution < -0.4 is 0 Å². The summed E-state index contributed by atoms with van der Waals surface area (Å²) in [6.45, 7) is 8.12. The molecule has 0 aromatic heterocycles. The third-order valence-electron chi connectivity index (χ3n) is 11.4. The van der Waals surface area contributed by atoms with Crippen molar-refractivity contribution >= 4 is 10.4 Å². The van der Waals surface area contributed by atoms with Crippen LogP contribution in [0.2, 0.25) is 0 Å². The molecular formula is C27H48O9S. The van der Waals surface area contributed by atoms with Crippen molar-refractivity contribution in [3.63, 3.8) is 0 Å². The molecule has 6 N–H and O–H groups in total. The Labute approximate surface area is 221 Å². The lowest BCUT2D eigenvalue weighted by atomic mass is 9.42. The molecular weight excluding hydrogens is 500 g/mol. The van der Waals surface area contributed by atoms with E-state index in [4.69, 9.17) is 4.55 Å². The topological polar surface area (TPSA) is 165 Å². The molecule has 0 amide bonds. The molecule has 4 fully saturated rings. The number of aliphatic hydroxyl groups is 5. The minimum atomic E-state index is -4.45. The van der Waals surface area contributed by atoms with Crippen molar-refractivity contribution in [2.24, 2.45) is 46.3 Å². The first-order chi connectivity index (χ1) is 17.0. The van der Waals surface area contributed by atoms with Crippen molar-refractivity contribution in [2.75, 3.05) is 6.61 Å². The highest BCUT2D eigenvalue weighted by Crippen LogP contribution is 2.69. The summed E-state index contributed by atoms with van der Waals surface area (Å²) in [5, 5.41) is 55.9. The molecule has 216 valence electrons. The Bertz CT molecular complexity index is 929. The lowest BCUT2D eigenvalue weighted by molar-refractivity contribution is -0.268. The Morgan fingerprint density at radius 1 is 1.00 bits per heavy atom. The summed E-state index contributed by atoms with van der Waals surface area (Å²) in [5.41, 5.74) is -2.20. The summed E-state index contributed by atoms with van der Waals surface area (Å²) in [7, 11) is -4.45. The minimum absolute atomic E-state index is 0.0197. The van der Waals surface area contributed by atoms with Gasteiger partial charge in [0.15, 0.2) is 0 Å². The van der Waals surface area contributed by atoms with Gasteiger partial charge in [0.1, 0.15) is 0 Å². The normalized spacial score (nSPS) is 49.6. The summed E-state index contributed by atoms with van der Waals surface area (Å²) >= 11 is 0. The van der Waals surface area contributed by atoms with E-state index >= 15 is 0 Å². The number of aliphatic hydroxyl groups excluding tert-OH is 4. The van der Waals surface area contributed by atoms with Gasteiger partial charge in [0.25, 0.3) is 0 Å². The fourth-order valence-corrected chi connectivity index (χ4v) is 10.0. The second-order valence-corrected chi connectivity index (χ2v) is 14.7. The van der Waals surface area contributed by atoms with Crippen LogP contribution >= 0.6 is 0 Å². The zero-order valence-corrected chi connectivity index (χ0v) is 23.5. The average Bonchev–Trinajstić information content (AvgIpc) is 2.99. The highest BCUT2D eigenvalue weighted by molar-refractivity contribution is 7.80. The monoisotopic (exact) mass is 548 g/mol. The molecule has 0 radical (unpaired) electrons. The van der Waals surface area contributed by atoms with E-state index in [9.17, 15) is 34.0 Å². The van der Waals surface area contributed by atoms with Crippen LogP contribution in [-0.2, 0) is 14.6 Å². The van der Waals surface area contributed by atoms with E-state index in [1.54, 1.807) is 0 Å². The summed E-state index contributed by atoms with van der Waals surface area (Å²) in [4.78, 5) is 0. The zero-order valence-electron chi connectivity index (χ0n) is 22.7. The Kier molecular flexibility index (Phi) is 8.21. The molecule has 4 unspecified atom stereocenters. The van der Waals surface area contributed by atoms with Gasteiger partial charge in [-0.2, -0.15) is 8.42 Å². The van der Waals surface area contributed by atoms with Gasteiger partial charge in [0, 0.05) is 11.8 Å². The van der Waals surface area contributed by atoms with Crippen molar-refractivity contribution in [3.8, 4) is 0 Å². The van der Waals surface area contributed by atoms with Crippen LogP contribution in [-0.4, -0.2) is 75.1 Å². The number of rotatable bonds is 8. The van der Waals surface area contributed by atoms with E-state index in [1.165, 1.54) is 0 Å².